The number of ketones is 1. The van der Waals surface area contributed by atoms with Gasteiger partial charge in [-0.1, -0.05) is 75.4 Å². The Bertz CT molecular complexity index is 1190. The molecule has 34 heavy (non-hydrogen) atoms. The second-order valence-corrected chi connectivity index (χ2v) is 10.7. The van der Waals surface area contributed by atoms with Gasteiger partial charge in [0.05, 0.1) is 6.21 Å². The maximum Gasteiger partial charge on any atom is 0.330 e. The summed E-state index contributed by atoms with van der Waals surface area (Å²) in [5, 5.41) is 6.28. The molecule has 0 N–H and O–H groups in total. The zero-order valence-corrected chi connectivity index (χ0v) is 19.9. The molecule has 0 aliphatic carbocycles. The van der Waals surface area contributed by atoms with Crippen LogP contribution in [0.1, 0.15) is 63.3 Å². The Morgan fingerprint density at radius 3 is 2.15 bits per heavy atom. The zero-order chi connectivity index (χ0) is 24.5. The average Bonchev–Trinajstić information content (AvgIpc) is 3.09. The van der Waals surface area contributed by atoms with Gasteiger partial charge in [-0.15, -0.1) is 0 Å². The summed E-state index contributed by atoms with van der Waals surface area (Å²) in [7, 11) is 0. The smallest absolute Gasteiger partial charge is 0.330 e. The number of ether oxygens (including phenoxy) is 2. The van der Waals surface area contributed by atoms with Gasteiger partial charge in [0, 0.05) is 25.2 Å². The molecule has 0 radical (unpaired) electrons. The number of carbonyl (C=O) groups is 3. The normalized spacial score (nSPS) is 26.5. The maximum atomic E-state index is 14.0. The third-order valence-electron chi connectivity index (χ3n) is 6.93. The van der Waals surface area contributed by atoms with Crippen LogP contribution in [-0.4, -0.2) is 40.8 Å². The Morgan fingerprint density at radius 2 is 1.53 bits per heavy atom. The Kier molecular flexibility index (Phi) is 4.76. The SMILES string of the molecule is CC1(C)OC(=O)C2(C(=O)O1)C1c3ccccc3C=NN1[C@H](C(=O)C(C)(C)C)[C@H]2c1ccccc1. The van der Waals surface area contributed by atoms with Gasteiger partial charge in [-0.25, -0.2) is 0 Å². The van der Waals surface area contributed by atoms with Crippen LogP contribution in [0.15, 0.2) is 59.7 Å². The fourth-order valence-electron chi connectivity index (χ4n) is 5.49. The molecule has 0 aromatic heterocycles. The van der Waals surface area contributed by atoms with Crippen molar-refractivity contribution in [3.8, 4) is 0 Å². The molecule has 176 valence electrons. The summed E-state index contributed by atoms with van der Waals surface area (Å²) < 4.78 is 11.5. The van der Waals surface area contributed by atoms with E-state index in [-0.39, 0.29) is 5.78 Å². The Labute approximate surface area is 198 Å². The van der Waals surface area contributed by atoms with Gasteiger partial charge in [0.2, 0.25) is 5.41 Å². The van der Waals surface area contributed by atoms with E-state index in [1.807, 2.05) is 75.4 Å². The van der Waals surface area contributed by atoms with E-state index in [0.29, 0.717) is 5.56 Å². The lowest BCUT2D eigenvalue weighted by Crippen LogP contribution is -2.58. The highest BCUT2D eigenvalue weighted by atomic mass is 16.7. The number of hydrazone groups is 1. The lowest BCUT2D eigenvalue weighted by atomic mass is 9.64. The molecule has 2 saturated heterocycles. The number of hydrogen-bond donors (Lipinski definition) is 0. The molecular weight excluding hydrogens is 432 g/mol. The molecule has 7 nitrogen and oxygen atoms in total. The quantitative estimate of drug-likeness (QED) is 0.498. The monoisotopic (exact) mass is 460 g/mol. The number of hydrogen-bond acceptors (Lipinski definition) is 7. The first kappa shape index (κ1) is 22.3. The van der Waals surface area contributed by atoms with E-state index < -0.39 is 46.6 Å². The van der Waals surface area contributed by atoms with Crippen LogP contribution in [-0.2, 0) is 23.9 Å². The number of cyclic esters (lactones) is 2. The third-order valence-corrected chi connectivity index (χ3v) is 6.93. The van der Waals surface area contributed by atoms with Crippen LogP contribution in [0.5, 0.6) is 0 Å². The second-order valence-electron chi connectivity index (χ2n) is 10.7. The Balaban J connectivity index is 1.85. The van der Waals surface area contributed by atoms with Gasteiger partial charge in [0.1, 0.15) is 12.1 Å². The zero-order valence-electron chi connectivity index (χ0n) is 19.9. The summed E-state index contributed by atoms with van der Waals surface area (Å²) >= 11 is 0. The predicted molar refractivity (Wildman–Crippen MR) is 125 cm³/mol. The fraction of sp³-hybridized carbons (Fsp3) is 0.407. The lowest BCUT2D eigenvalue weighted by molar-refractivity contribution is -0.254. The van der Waals surface area contributed by atoms with Crippen LogP contribution >= 0.6 is 0 Å². The number of fused-ring (bicyclic) bond motifs is 4. The van der Waals surface area contributed by atoms with E-state index in [4.69, 9.17) is 9.47 Å². The van der Waals surface area contributed by atoms with E-state index in [9.17, 15) is 14.4 Å². The molecule has 0 bridgehead atoms. The lowest BCUT2D eigenvalue weighted by Gasteiger charge is -2.44. The summed E-state index contributed by atoms with van der Waals surface area (Å²) in [5.41, 5.74) is -0.362. The first-order valence-electron chi connectivity index (χ1n) is 11.5. The summed E-state index contributed by atoms with van der Waals surface area (Å²) in [6.45, 7) is 8.56. The van der Waals surface area contributed by atoms with Crippen LogP contribution in [0.4, 0.5) is 0 Å². The first-order valence-corrected chi connectivity index (χ1v) is 11.5. The molecule has 3 aliphatic rings. The van der Waals surface area contributed by atoms with E-state index in [1.165, 1.54) is 13.8 Å². The summed E-state index contributed by atoms with van der Waals surface area (Å²) in [6.07, 6.45) is 1.68. The van der Waals surface area contributed by atoms with Crippen molar-refractivity contribution in [2.45, 2.75) is 58.4 Å². The van der Waals surface area contributed by atoms with E-state index >= 15 is 0 Å². The number of Topliss-reactive ketones (excluding diaryl/α,β-unsaturated/α-hetero) is 1. The molecule has 7 heteroatoms. The number of benzene rings is 2. The van der Waals surface area contributed by atoms with Crippen molar-refractivity contribution >= 4 is 23.9 Å². The van der Waals surface area contributed by atoms with Crippen molar-refractivity contribution < 1.29 is 23.9 Å². The van der Waals surface area contributed by atoms with Crippen LogP contribution in [0.3, 0.4) is 0 Å². The van der Waals surface area contributed by atoms with Crippen LogP contribution in [0.2, 0.25) is 0 Å². The summed E-state index contributed by atoms with van der Waals surface area (Å²) in [4.78, 5) is 42.0. The molecule has 2 fully saturated rings. The molecule has 1 unspecified atom stereocenters. The minimum atomic E-state index is -1.81. The standard InChI is InChI=1S/C27H28N2O5/c1-25(2,3)22(30)20-19(16-11-7-6-8-12-16)27(23(31)33-26(4,5)34-24(27)32)21-18-14-10-9-13-17(18)15-28-29(20)21/h6-15,19-21H,1-5H3/t19-,20+,21?/m1/s1. The number of carbonyl (C=O) groups excluding carboxylic acids is 3. The molecule has 2 aromatic carbocycles. The molecular formula is C27H28N2O5. The fourth-order valence-corrected chi connectivity index (χ4v) is 5.49. The molecule has 5 rings (SSSR count). The van der Waals surface area contributed by atoms with Crippen molar-refractivity contribution in [1.82, 2.24) is 5.01 Å². The second kappa shape index (κ2) is 7.26. The maximum absolute atomic E-state index is 14.0. The van der Waals surface area contributed by atoms with Gasteiger partial charge in [-0.2, -0.15) is 5.10 Å². The molecule has 3 heterocycles. The van der Waals surface area contributed by atoms with Crippen molar-refractivity contribution in [1.29, 1.82) is 0 Å². The van der Waals surface area contributed by atoms with E-state index in [1.54, 1.807) is 11.2 Å². The molecule has 0 saturated carbocycles. The highest BCUT2D eigenvalue weighted by Crippen LogP contribution is 2.63. The van der Waals surface area contributed by atoms with E-state index in [0.717, 1.165) is 11.1 Å². The van der Waals surface area contributed by atoms with Gasteiger partial charge in [-0.05, 0) is 16.7 Å². The van der Waals surface area contributed by atoms with Gasteiger partial charge in [0.15, 0.2) is 5.78 Å². The van der Waals surface area contributed by atoms with Gasteiger partial charge < -0.3 is 9.47 Å². The topological polar surface area (TPSA) is 85.3 Å². The van der Waals surface area contributed by atoms with Crippen LogP contribution in [0, 0.1) is 10.8 Å². The van der Waals surface area contributed by atoms with Crippen molar-refractivity contribution in [3.05, 3.63) is 71.3 Å². The van der Waals surface area contributed by atoms with Crippen LogP contribution in [0.25, 0.3) is 0 Å². The molecule has 1 spiro atoms. The number of esters is 2. The van der Waals surface area contributed by atoms with Crippen molar-refractivity contribution in [3.63, 3.8) is 0 Å². The van der Waals surface area contributed by atoms with Gasteiger partial charge in [-0.3, -0.25) is 19.4 Å². The number of nitrogens with zero attached hydrogens (tertiary/aromatic N) is 2. The number of rotatable bonds is 2. The third kappa shape index (κ3) is 3.02. The highest BCUT2D eigenvalue weighted by Gasteiger charge is 2.75. The average molecular weight is 461 g/mol. The first-order chi connectivity index (χ1) is 16.0. The minimum absolute atomic E-state index is 0.120. The van der Waals surface area contributed by atoms with Crippen molar-refractivity contribution in [2.24, 2.45) is 15.9 Å². The largest absolute Gasteiger partial charge is 0.422 e. The minimum Gasteiger partial charge on any atom is -0.422 e. The van der Waals surface area contributed by atoms with Crippen LogP contribution < -0.4 is 0 Å². The molecule has 2 aromatic rings. The Hall–Kier alpha value is -3.48. The summed E-state index contributed by atoms with van der Waals surface area (Å²) in [5.74, 6) is -3.79. The molecule has 3 aliphatic heterocycles. The predicted octanol–water partition coefficient (Wildman–Crippen LogP) is 3.98. The molecule has 0 amide bonds. The Morgan fingerprint density at radius 1 is 0.941 bits per heavy atom. The van der Waals surface area contributed by atoms with Crippen molar-refractivity contribution in [2.75, 3.05) is 0 Å². The summed E-state index contributed by atoms with van der Waals surface area (Å²) in [6, 6.07) is 14.9. The van der Waals surface area contributed by atoms with E-state index in [2.05, 4.69) is 5.10 Å². The van der Waals surface area contributed by atoms with Gasteiger partial charge in [0.25, 0.3) is 5.79 Å². The molecule has 3 atom stereocenters. The highest BCUT2D eigenvalue weighted by molar-refractivity contribution is 6.07. The van der Waals surface area contributed by atoms with Gasteiger partial charge >= 0.3 is 11.9 Å².